The van der Waals surface area contributed by atoms with E-state index in [4.69, 9.17) is 0 Å². The molecule has 3 nitrogen and oxygen atoms in total. The van der Waals surface area contributed by atoms with Crippen LogP contribution in [-0.4, -0.2) is 61.2 Å². The summed E-state index contributed by atoms with van der Waals surface area (Å²) in [7, 11) is 0. The van der Waals surface area contributed by atoms with Gasteiger partial charge in [0.25, 0.3) is 0 Å². The van der Waals surface area contributed by atoms with Gasteiger partial charge in [0.05, 0.1) is 0 Å². The topological polar surface area (TPSA) is 18.5 Å². The minimum Gasteiger partial charge on any atom is -0.310 e. The van der Waals surface area contributed by atoms with Gasteiger partial charge in [-0.1, -0.05) is 27.7 Å². The Hall–Kier alpha value is -0.120. The van der Waals surface area contributed by atoms with E-state index >= 15 is 0 Å². The first-order valence-electron chi connectivity index (χ1n) is 8.39. The third-order valence-corrected chi connectivity index (χ3v) is 4.83. The Morgan fingerprint density at radius 2 is 1.58 bits per heavy atom. The van der Waals surface area contributed by atoms with Gasteiger partial charge in [-0.05, 0) is 65.0 Å². The third-order valence-electron chi connectivity index (χ3n) is 4.83. The molecule has 0 saturated carbocycles. The Morgan fingerprint density at radius 3 is 2.05 bits per heavy atom. The molecular weight excluding hydrogens is 234 g/mol. The smallest absolute Gasteiger partial charge is 0.0306 e. The zero-order chi connectivity index (χ0) is 14.1. The van der Waals surface area contributed by atoms with Crippen LogP contribution in [0.25, 0.3) is 0 Å². The lowest BCUT2D eigenvalue weighted by molar-refractivity contribution is 0.183. The summed E-state index contributed by atoms with van der Waals surface area (Å²) in [4.78, 5) is 5.17. The number of hydrogen-bond donors (Lipinski definition) is 1. The first-order chi connectivity index (χ1) is 9.19. The van der Waals surface area contributed by atoms with E-state index in [1.807, 2.05) is 0 Å². The van der Waals surface area contributed by atoms with Crippen molar-refractivity contribution in [3.63, 3.8) is 0 Å². The zero-order valence-electron chi connectivity index (χ0n) is 13.7. The van der Waals surface area contributed by atoms with E-state index in [1.54, 1.807) is 0 Å². The van der Waals surface area contributed by atoms with E-state index in [0.29, 0.717) is 5.54 Å². The van der Waals surface area contributed by atoms with Gasteiger partial charge in [-0.25, -0.2) is 0 Å². The molecule has 0 aliphatic carbocycles. The molecule has 1 atom stereocenters. The molecular formula is C16H35N3. The SMILES string of the molecule is CCN(CC)CCCN(CC)CC1(CC)CCCN1. The van der Waals surface area contributed by atoms with Gasteiger partial charge in [-0.15, -0.1) is 0 Å². The minimum atomic E-state index is 0.408. The quantitative estimate of drug-likeness (QED) is 0.657. The maximum atomic E-state index is 3.75. The van der Waals surface area contributed by atoms with Crippen molar-refractivity contribution in [3.8, 4) is 0 Å². The minimum absolute atomic E-state index is 0.408. The van der Waals surface area contributed by atoms with Crippen LogP contribution in [0.4, 0.5) is 0 Å². The summed E-state index contributed by atoms with van der Waals surface area (Å²) < 4.78 is 0. The van der Waals surface area contributed by atoms with E-state index in [1.165, 1.54) is 71.5 Å². The van der Waals surface area contributed by atoms with Crippen molar-refractivity contribution in [3.05, 3.63) is 0 Å². The van der Waals surface area contributed by atoms with Gasteiger partial charge in [0.1, 0.15) is 0 Å². The van der Waals surface area contributed by atoms with Crippen LogP contribution in [0.2, 0.25) is 0 Å². The van der Waals surface area contributed by atoms with Crippen LogP contribution in [-0.2, 0) is 0 Å². The summed E-state index contributed by atoms with van der Waals surface area (Å²) >= 11 is 0. The molecule has 1 N–H and O–H groups in total. The number of likely N-dealkylation sites (N-methyl/N-ethyl adjacent to an activating group) is 1. The molecule has 0 radical (unpaired) electrons. The monoisotopic (exact) mass is 269 g/mol. The number of nitrogens with zero attached hydrogens (tertiary/aromatic N) is 2. The molecule has 114 valence electrons. The van der Waals surface area contributed by atoms with Crippen molar-refractivity contribution < 1.29 is 0 Å². The van der Waals surface area contributed by atoms with Gasteiger partial charge < -0.3 is 15.1 Å². The molecule has 1 saturated heterocycles. The molecule has 3 heteroatoms. The summed E-state index contributed by atoms with van der Waals surface area (Å²) in [5.74, 6) is 0. The van der Waals surface area contributed by atoms with Crippen LogP contribution in [0, 0.1) is 0 Å². The highest BCUT2D eigenvalue weighted by Crippen LogP contribution is 2.24. The largest absolute Gasteiger partial charge is 0.310 e. The van der Waals surface area contributed by atoms with Crippen LogP contribution in [0.15, 0.2) is 0 Å². The van der Waals surface area contributed by atoms with Gasteiger partial charge >= 0.3 is 0 Å². The number of rotatable bonds is 10. The molecule has 19 heavy (non-hydrogen) atoms. The van der Waals surface area contributed by atoms with Crippen molar-refractivity contribution in [1.29, 1.82) is 0 Å². The highest BCUT2D eigenvalue weighted by Gasteiger charge is 2.32. The Balaban J connectivity index is 2.32. The molecule has 0 aromatic heterocycles. The Morgan fingerprint density at radius 1 is 0.947 bits per heavy atom. The molecule has 0 aromatic rings. The van der Waals surface area contributed by atoms with Crippen LogP contribution < -0.4 is 5.32 Å². The van der Waals surface area contributed by atoms with Gasteiger partial charge in [-0.3, -0.25) is 0 Å². The molecule has 0 amide bonds. The van der Waals surface area contributed by atoms with Crippen molar-refractivity contribution in [2.24, 2.45) is 0 Å². The Kier molecular flexibility index (Phi) is 7.96. The number of hydrogen-bond acceptors (Lipinski definition) is 3. The lowest BCUT2D eigenvalue weighted by Gasteiger charge is -2.35. The molecule has 1 heterocycles. The van der Waals surface area contributed by atoms with Crippen molar-refractivity contribution in [2.45, 2.75) is 58.9 Å². The summed E-state index contributed by atoms with van der Waals surface area (Å²) in [5, 5.41) is 3.75. The second-order valence-corrected chi connectivity index (χ2v) is 5.91. The average Bonchev–Trinajstić information content (AvgIpc) is 2.91. The summed E-state index contributed by atoms with van der Waals surface area (Å²) in [6.07, 6.45) is 5.27. The fraction of sp³-hybridized carbons (Fsp3) is 1.00. The third kappa shape index (κ3) is 5.41. The lowest BCUT2D eigenvalue weighted by Crippen LogP contribution is -2.49. The normalized spacial score (nSPS) is 23.7. The molecule has 1 aliphatic rings. The van der Waals surface area contributed by atoms with Crippen molar-refractivity contribution in [2.75, 3.05) is 45.8 Å². The fourth-order valence-electron chi connectivity index (χ4n) is 3.25. The predicted octanol–water partition coefficient (Wildman–Crippen LogP) is 2.57. The first kappa shape index (κ1) is 16.9. The summed E-state index contributed by atoms with van der Waals surface area (Å²) in [6.45, 7) is 17.6. The fourth-order valence-corrected chi connectivity index (χ4v) is 3.25. The van der Waals surface area contributed by atoms with Crippen molar-refractivity contribution >= 4 is 0 Å². The average molecular weight is 269 g/mol. The standard InChI is InChI=1S/C16H35N3/c1-5-16(11-9-12-17-16)15-19(8-4)14-10-13-18(6-2)7-3/h17H,5-15H2,1-4H3. The predicted molar refractivity (Wildman–Crippen MR) is 84.8 cm³/mol. The van der Waals surface area contributed by atoms with Crippen molar-refractivity contribution in [1.82, 2.24) is 15.1 Å². The molecule has 1 unspecified atom stereocenters. The second-order valence-electron chi connectivity index (χ2n) is 5.91. The highest BCUT2D eigenvalue weighted by molar-refractivity contribution is 4.94. The molecule has 1 rings (SSSR count). The molecule has 1 aliphatic heterocycles. The second kappa shape index (κ2) is 8.93. The highest BCUT2D eigenvalue weighted by atomic mass is 15.2. The summed E-state index contributed by atoms with van der Waals surface area (Å²) in [6, 6.07) is 0. The maximum Gasteiger partial charge on any atom is 0.0306 e. The van der Waals surface area contributed by atoms with Gasteiger partial charge in [0.2, 0.25) is 0 Å². The van der Waals surface area contributed by atoms with Crippen LogP contribution >= 0.6 is 0 Å². The first-order valence-corrected chi connectivity index (χ1v) is 8.39. The summed E-state index contributed by atoms with van der Waals surface area (Å²) in [5.41, 5.74) is 0.408. The Labute approximate surface area is 120 Å². The van der Waals surface area contributed by atoms with Crippen LogP contribution in [0.3, 0.4) is 0 Å². The lowest BCUT2D eigenvalue weighted by atomic mass is 9.93. The molecule has 0 bridgehead atoms. The Bertz CT molecular complexity index is 220. The van der Waals surface area contributed by atoms with E-state index in [-0.39, 0.29) is 0 Å². The van der Waals surface area contributed by atoms with Crippen LogP contribution in [0.1, 0.15) is 53.4 Å². The number of nitrogens with one attached hydrogen (secondary N) is 1. The molecule has 0 aromatic carbocycles. The van der Waals surface area contributed by atoms with Crippen LogP contribution in [0.5, 0.6) is 0 Å². The van der Waals surface area contributed by atoms with E-state index in [0.717, 1.165) is 0 Å². The van der Waals surface area contributed by atoms with Gasteiger partial charge in [0.15, 0.2) is 0 Å². The van der Waals surface area contributed by atoms with E-state index in [2.05, 4.69) is 42.8 Å². The van der Waals surface area contributed by atoms with Gasteiger partial charge in [0, 0.05) is 12.1 Å². The van der Waals surface area contributed by atoms with E-state index < -0.39 is 0 Å². The van der Waals surface area contributed by atoms with E-state index in [9.17, 15) is 0 Å². The zero-order valence-corrected chi connectivity index (χ0v) is 13.7. The maximum absolute atomic E-state index is 3.75. The molecule has 0 spiro atoms. The van der Waals surface area contributed by atoms with Gasteiger partial charge in [-0.2, -0.15) is 0 Å². The molecule has 1 fully saturated rings.